The number of hydrogen-bond acceptors (Lipinski definition) is 3. The van der Waals surface area contributed by atoms with Crippen molar-refractivity contribution < 1.29 is 9.84 Å². The first-order chi connectivity index (χ1) is 10.1. The van der Waals surface area contributed by atoms with Crippen molar-refractivity contribution in [3.8, 4) is 5.75 Å². The van der Waals surface area contributed by atoms with E-state index in [4.69, 9.17) is 4.74 Å². The summed E-state index contributed by atoms with van der Waals surface area (Å²) in [6.07, 6.45) is 0. The number of halogens is 1. The van der Waals surface area contributed by atoms with Crippen molar-refractivity contribution in [2.24, 2.45) is 0 Å². The number of aliphatic hydroxyl groups is 1. The predicted molar refractivity (Wildman–Crippen MR) is 89.8 cm³/mol. The van der Waals surface area contributed by atoms with Crippen LogP contribution in [0.4, 0.5) is 5.69 Å². The van der Waals surface area contributed by atoms with Crippen LogP contribution >= 0.6 is 15.9 Å². The third-order valence-corrected chi connectivity index (χ3v) is 3.89. The van der Waals surface area contributed by atoms with E-state index < -0.39 is 5.54 Å². The van der Waals surface area contributed by atoms with Crippen LogP contribution in [0.1, 0.15) is 19.4 Å². The number of ether oxygens (including phenoxy) is 1. The summed E-state index contributed by atoms with van der Waals surface area (Å²) in [4.78, 5) is 0. The molecule has 21 heavy (non-hydrogen) atoms. The van der Waals surface area contributed by atoms with Crippen molar-refractivity contribution in [3.05, 3.63) is 58.6 Å². The molecule has 0 aliphatic heterocycles. The summed E-state index contributed by atoms with van der Waals surface area (Å²) >= 11 is 3.42. The topological polar surface area (TPSA) is 41.5 Å². The lowest BCUT2D eigenvalue weighted by Gasteiger charge is -2.32. The molecular weight excluding hydrogens is 330 g/mol. The van der Waals surface area contributed by atoms with E-state index in [0.717, 1.165) is 21.5 Å². The van der Waals surface area contributed by atoms with E-state index in [1.54, 1.807) is 0 Å². The Bertz CT molecular complexity index is 586. The smallest absolute Gasteiger partial charge is 0.124 e. The van der Waals surface area contributed by atoms with Gasteiger partial charge in [-0.15, -0.1) is 0 Å². The summed E-state index contributed by atoms with van der Waals surface area (Å²) < 4.78 is 6.70. The van der Waals surface area contributed by atoms with Gasteiger partial charge in [-0.05, 0) is 44.2 Å². The van der Waals surface area contributed by atoms with Crippen LogP contribution in [0.25, 0.3) is 0 Å². The molecule has 2 N–H and O–H groups in total. The lowest BCUT2D eigenvalue weighted by molar-refractivity contribution is 0.218. The Morgan fingerprint density at radius 2 is 1.81 bits per heavy atom. The minimum atomic E-state index is -0.612. The molecule has 112 valence electrons. The number of rotatable bonds is 6. The van der Waals surface area contributed by atoms with Crippen molar-refractivity contribution in [2.45, 2.75) is 19.4 Å². The number of benzene rings is 2. The first-order valence-electron chi connectivity index (χ1n) is 6.96. The summed E-state index contributed by atoms with van der Waals surface area (Å²) in [5.41, 5.74) is 1.28. The molecule has 1 atom stereocenters. The van der Waals surface area contributed by atoms with Crippen molar-refractivity contribution in [2.75, 3.05) is 18.5 Å². The third kappa shape index (κ3) is 3.77. The first kappa shape index (κ1) is 15.9. The molecule has 1 unspecified atom stereocenters. The molecule has 2 rings (SSSR count). The Morgan fingerprint density at radius 1 is 1.14 bits per heavy atom. The summed E-state index contributed by atoms with van der Waals surface area (Å²) in [5, 5.41) is 13.3. The number of aliphatic hydroxyl groups excluding tert-OH is 1. The van der Waals surface area contributed by atoms with Crippen LogP contribution in [0.2, 0.25) is 0 Å². The van der Waals surface area contributed by atoms with Gasteiger partial charge < -0.3 is 15.2 Å². The molecule has 0 fully saturated rings. The van der Waals surface area contributed by atoms with E-state index in [2.05, 4.69) is 21.2 Å². The van der Waals surface area contributed by atoms with Crippen molar-refractivity contribution in [1.29, 1.82) is 0 Å². The Balaban J connectivity index is 2.34. The molecule has 0 bridgehead atoms. The Labute approximate surface area is 134 Å². The second-order valence-electron chi connectivity index (χ2n) is 5.05. The molecule has 0 aliphatic rings. The lowest BCUT2D eigenvalue weighted by atomic mass is 9.91. The fraction of sp³-hybridized carbons (Fsp3) is 0.294. The van der Waals surface area contributed by atoms with Crippen LogP contribution in [0.15, 0.2) is 53.0 Å². The predicted octanol–water partition coefficient (Wildman–Crippen LogP) is 4.17. The molecule has 0 saturated carbocycles. The standard InChI is InChI=1S/C17H20BrNO2/c1-3-21-16-7-5-4-6-15(16)17(2,12-20)19-14-10-8-13(18)9-11-14/h4-11,19-20H,3,12H2,1-2H3. The molecule has 2 aromatic rings. The minimum Gasteiger partial charge on any atom is -0.494 e. The molecule has 0 saturated heterocycles. The van der Waals surface area contributed by atoms with E-state index in [-0.39, 0.29) is 6.61 Å². The quantitative estimate of drug-likeness (QED) is 0.822. The highest BCUT2D eigenvalue weighted by molar-refractivity contribution is 9.10. The van der Waals surface area contributed by atoms with Crippen LogP contribution < -0.4 is 10.1 Å². The second kappa shape index (κ2) is 6.96. The highest BCUT2D eigenvalue weighted by atomic mass is 79.9. The number of para-hydroxylation sites is 1. The van der Waals surface area contributed by atoms with Crippen LogP contribution in [-0.4, -0.2) is 18.3 Å². The summed E-state index contributed by atoms with van der Waals surface area (Å²) in [5.74, 6) is 0.793. The van der Waals surface area contributed by atoms with Crippen molar-refractivity contribution in [1.82, 2.24) is 0 Å². The van der Waals surface area contributed by atoms with Crippen LogP contribution in [-0.2, 0) is 5.54 Å². The van der Waals surface area contributed by atoms with Gasteiger partial charge in [-0.3, -0.25) is 0 Å². The Hall–Kier alpha value is -1.52. The Kier molecular flexibility index (Phi) is 5.26. The van der Waals surface area contributed by atoms with Gasteiger partial charge in [0.2, 0.25) is 0 Å². The molecule has 0 aliphatic carbocycles. The fourth-order valence-corrected chi connectivity index (χ4v) is 2.51. The SMILES string of the molecule is CCOc1ccccc1C(C)(CO)Nc1ccc(Br)cc1. The zero-order valence-electron chi connectivity index (χ0n) is 12.3. The average molecular weight is 350 g/mol. The van der Waals surface area contributed by atoms with Gasteiger partial charge >= 0.3 is 0 Å². The maximum atomic E-state index is 9.92. The van der Waals surface area contributed by atoms with Gasteiger partial charge in [0, 0.05) is 15.7 Å². The molecule has 0 heterocycles. The van der Waals surface area contributed by atoms with E-state index in [0.29, 0.717) is 6.61 Å². The van der Waals surface area contributed by atoms with Crippen molar-refractivity contribution in [3.63, 3.8) is 0 Å². The monoisotopic (exact) mass is 349 g/mol. The van der Waals surface area contributed by atoms with Crippen LogP contribution in [0.3, 0.4) is 0 Å². The minimum absolute atomic E-state index is 0.0346. The molecule has 0 aromatic heterocycles. The largest absolute Gasteiger partial charge is 0.494 e. The zero-order valence-corrected chi connectivity index (χ0v) is 13.9. The first-order valence-corrected chi connectivity index (χ1v) is 7.75. The molecule has 3 nitrogen and oxygen atoms in total. The van der Waals surface area contributed by atoms with Gasteiger partial charge in [-0.25, -0.2) is 0 Å². The molecule has 0 amide bonds. The van der Waals surface area contributed by atoms with E-state index >= 15 is 0 Å². The maximum Gasteiger partial charge on any atom is 0.124 e. The van der Waals surface area contributed by atoms with Crippen LogP contribution in [0.5, 0.6) is 5.75 Å². The van der Waals surface area contributed by atoms with Gasteiger partial charge in [-0.1, -0.05) is 34.1 Å². The lowest BCUT2D eigenvalue weighted by Crippen LogP contribution is -2.36. The van der Waals surface area contributed by atoms with Crippen LogP contribution in [0, 0.1) is 0 Å². The number of nitrogens with one attached hydrogen (secondary N) is 1. The van der Waals surface area contributed by atoms with Gasteiger partial charge in [-0.2, -0.15) is 0 Å². The van der Waals surface area contributed by atoms with Crippen molar-refractivity contribution >= 4 is 21.6 Å². The molecule has 4 heteroatoms. The molecule has 2 aromatic carbocycles. The third-order valence-electron chi connectivity index (χ3n) is 3.36. The maximum absolute atomic E-state index is 9.92. The number of hydrogen-bond donors (Lipinski definition) is 2. The zero-order chi connectivity index (χ0) is 15.3. The average Bonchev–Trinajstić information content (AvgIpc) is 2.50. The summed E-state index contributed by atoms with van der Waals surface area (Å²) in [7, 11) is 0. The van der Waals surface area contributed by atoms with E-state index in [9.17, 15) is 5.11 Å². The highest BCUT2D eigenvalue weighted by Crippen LogP contribution is 2.33. The molecule has 0 spiro atoms. The second-order valence-corrected chi connectivity index (χ2v) is 5.97. The van der Waals surface area contributed by atoms with E-state index in [1.807, 2.05) is 62.4 Å². The Morgan fingerprint density at radius 3 is 2.43 bits per heavy atom. The normalized spacial score (nSPS) is 13.5. The fourth-order valence-electron chi connectivity index (χ4n) is 2.25. The van der Waals surface area contributed by atoms with Gasteiger partial charge in [0.25, 0.3) is 0 Å². The molecule has 0 radical (unpaired) electrons. The number of anilines is 1. The van der Waals surface area contributed by atoms with Gasteiger partial charge in [0.1, 0.15) is 5.75 Å². The highest BCUT2D eigenvalue weighted by Gasteiger charge is 2.28. The van der Waals surface area contributed by atoms with Gasteiger partial charge in [0.15, 0.2) is 0 Å². The molecular formula is C17H20BrNO2. The van der Waals surface area contributed by atoms with Gasteiger partial charge in [0.05, 0.1) is 18.8 Å². The van der Waals surface area contributed by atoms with E-state index in [1.165, 1.54) is 0 Å². The summed E-state index contributed by atoms with van der Waals surface area (Å²) in [6, 6.07) is 15.7. The summed E-state index contributed by atoms with van der Waals surface area (Å²) in [6.45, 7) is 4.48.